The van der Waals surface area contributed by atoms with Crippen molar-refractivity contribution >= 4 is 28.9 Å². The molecule has 1 saturated heterocycles. The molecule has 0 bridgehead atoms. The molecule has 0 spiro atoms. The van der Waals surface area contributed by atoms with Crippen molar-refractivity contribution in [2.24, 2.45) is 0 Å². The quantitative estimate of drug-likeness (QED) is 0.732. The number of carboxylic acids is 1. The molecule has 1 amide bonds. The van der Waals surface area contributed by atoms with Crippen LogP contribution in [0.2, 0.25) is 0 Å². The van der Waals surface area contributed by atoms with Gasteiger partial charge in [-0.3, -0.25) is 4.79 Å². The van der Waals surface area contributed by atoms with E-state index in [2.05, 4.69) is 53.2 Å². The second-order valence-corrected chi connectivity index (χ2v) is 7.43. The molecule has 29 heavy (non-hydrogen) atoms. The normalized spacial score (nSPS) is 14.4. The predicted octanol–water partition coefficient (Wildman–Crippen LogP) is 3.72. The molecule has 2 N–H and O–H groups in total. The van der Waals surface area contributed by atoms with Gasteiger partial charge in [-0.1, -0.05) is 26.0 Å². The van der Waals surface area contributed by atoms with E-state index in [1.807, 2.05) is 24.3 Å². The first kappa shape index (κ1) is 20.5. The lowest BCUT2D eigenvalue weighted by atomic mass is 10.0. The Hall–Kier alpha value is -3.28. The lowest BCUT2D eigenvalue weighted by molar-refractivity contribution is -0.131. The summed E-state index contributed by atoms with van der Waals surface area (Å²) in [4.78, 5) is 26.8. The number of hydrogen-bond acceptors (Lipinski definition) is 4. The van der Waals surface area contributed by atoms with Gasteiger partial charge in [0.15, 0.2) is 0 Å². The summed E-state index contributed by atoms with van der Waals surface area (Å²) in [6.07, 6.45) is 1.82. The predicted molar refractivity (Wildman–Crippen MR) is 117 cm³/mol. The monoisotopic (exact) mass is 393 g/mol. The van der Waals surface area contributed by atoms with Gasteiger partial charge in [-0.05, 0) is 47.9 Å². The number of nitrogens with zero attached hydrogens (tertiary/aromatic N) is 2. The summed E-state index contributed by atoms with van der Waals surface area (Å²) in [5.41, 5.74) is 4.37. The van der Waals surface area contributed by atoms with Gasteiger partial charge in [-0.25, -0.2) is 4.79 Å². The smallest absolute Gasteiger partial charge is 0.328 e. The average molecular weight is 393 g/mol. The van der Waals surface area contributed by atoms with E-state index < -0.39 is 11.9 Å². The molecular formula is C23H27N3O3. The Balaban J connectivity index is 1.54. The highest BCUT2D eigenvalue weighted by molar-refractivity contribution is 6.02. The molecule has 1 aliphatic heterocycles. The molecule has 152 valence electrons. The van der Waals surface area contributed by atoms with Gasteiger partial charge >= 0.3 is 5.97 Å². The van der Waals surface area contributed by atoms with Crippen LogP contribution in [0.15, 0.2) is 60.7 Å². The van der Waals surface area contributed by atoms with Crippen molar-refractivity contribution in [1.82, 2.24) is 0 Å². The maximum Gasteiger partial charge on any atom is 0.328 e. The number of rotatable bonds is 6. The van der Waals surface area contributed by atoms with Gasteiger partial charge < -0.3 is 20.2 Å². The highest BCUT2D eigenvalue weighted by atomic mass is 16.4. The molecule has 3 rings (SSSR count). The fourth-order valence-electron chi connectivity index (χ4n) is 3.38. The van der Waals surface area contributed by atoms with Crippen molar-refractivity contribution in [2.45, 2.75) is 19.8 Å². The molecular weight excluding hydrogens is 366 g/mol. The lowest BCUT2D eigenvalue weighted by Crippen LogP contribution is -2.46. The van der Waals surface area contributed by atoms with Crippen LogP contribution < -0.4 is 15.1 Å². The van der Waals surface area contributed by atoms with Gasteiger partial charge in [0, 0.05) is 55.4 Å². The Morgan fingerprint density at radius 1 is 0.862 bits per heavy atom. The Morgan fingerprint density at radius 2 is 1.34 bits per heavy atom. The van der Waals surface area contributed by atoms with E-state index in [1.165, 1.54) is 11.3 Å². The van der Waals surface area contributed by atoms with Gasteiger partial charge in [-0.15, -0.1) is 0 Å². The largest absolute Gasteiger partial charge is 0.478 e. The molecule has 0 radical (unpaired) electrons. The number of benzene rings is 2. The summed E-state index contributed by atoms with van der Waals surface area (Å²) in [6.45, 7) is 8.19. The van der Waals surface area contributed by atoms with Crippen molar-refractivity contribution in [3.8, 4) is 0 Å². The number of piperazine rings is 1. The zero-order chi connectivity index (χ0) is 20.8. The zero-order valence-electron chi connectivity index (χ0n) is 16.8. The Morgan fingerprint density at radius 3 is 1.79 bits per heavy atom. The Kier molecular flexibility index (Phi) is 6.54. The van der Waals surface area contributed by atoms with Crippen LogP contribution in [0.3, 0.4) is 0 Å². The molecule has 6 heteroatoms. The fourth-order valence-corrected chi connectivity index (χ4v) is 3.38. The van der Waals surface area contributed by atoms with Crippen LogP contribution in [-0.4, -0.2) is 43.2 Å². The van der Waals surface area contributed by atoms with Crippen molar-refractivity contribution in [3.63, 3.8) is 0 Å². The van der Waals surface area contributed by atoms with Crippen LogP contribution >= 0.6 is 0 Å². The Bertz CT molecular complexity index is 865. The fraction of sp³-hybridized carbons (Fsp3) is 0.304. The first-order valence-electron chi connectivity index (χ1n) is 9.84. The molecule has 0 aliphatic carbocycles. The second kappa shape index (κ2) is 9.28. The number of nitrogens with one attached hydrogen (secondary N) is 1. The molecule has 1 heterocycles. The number of aliphatic carboxylic acids is 1. The summed E-state index contributed by atoms with van der Waals surface area (Å²) in [7, 11) is 0. The number of carbonyl (C=O) groups excluding carboxylic acids is 1. The third-order valence-electron chi connectivity index (χ3n) is 5.08. The topological polar surface area (TPSA) is 72.9 Å². The van der Waals surface area contributed by atoms with Gasteiger partial charge in [-0.2, -0.15) is 0 Å². The second-order valence-electron chi connectivity index (χ2n) is 7.43. The van der Waals surface area contributed by atoms with E-state index >= 15 is 0 Å². The van der Waals surface area contributed by atoms with E-state index in [1.54, 1.807) is 0 Å². The molecule has 0 aromatic heterocycles. The third-order valence-corrected chi connectivity index (χ3v) is 5.08. The molecule has 2 aromatic rings. The molecule has 2 aromatic carbocycles. The highest BCUT2D eigenvalue weighted by Gasteiger charge is 2.17. The summed E-state index contributed by atoms with van der Waals surface area (Å²) >= 11 is 0. The van der Waals surface area contributed by atoms with E-state index in [0.29, 0.717) is 11.6 Å². The first-order chi connectivity index (χ1) is 13.9. The number of anilines is 3. The standard InChI is InChI=1S/C23H27N3O3/c1-17(2)18-3-7-20(8-4-18)25-13-15-26(16-14-25)21-9-5-19(6-10-21)24-22(27)11-12-23(28)29/h3-12,17H,13-16H2,1-2H3,(H,24,27)(H,28,29)/b12-11+. The zero-order valence-corrected chi connectivity index (χ0v) is 16.8. The summed E-state index contributed by atoms with van der Waals surface area (Å²) in [5, 5.41) is 11.2. The average Bonchev–Trinajstić information content (AvgIpc) is 2.73. The third kappa shape index (κ3) is 5.60. The maximum absolute atomic E-state index is 11.7. The number of amides is 1. The van der Waals surface area contributed by atoms with Gasteiger partial charge in [0.05, 0.1) is 0 Å². The minimum atomic E-state index is -1.15. The van der Waals surface area contributed by atoms with Gasteiger partial charge in [0.1, 0.15) is 0 Å². The SMILES string of the molecule is CC(C)c1ccc(N2CCN(c3ccc(NC(=O)/C=C/C(=O)O)cc3)CC2)cc1. The van der Waals surface area contributed by atoms with Gasteiger partial charge in [0.25, 0.3) is 0 Å². The highest BCUT2D eigenvalue weighted by Crippen LogP contribution is 2.24. The minimum absolute atomic E-state index is 0.461. The molecule has 1 aliphatic rings. The number of carbonyl (C=O) groups is 2. The molecule has 0 atom stereocenters. The molecule has 6 nitrogen and oxygen atoms in total. The van der Waals surface area contributed by atoms with Crippen LogP contribution in [-0.2, 0) is 9.59 Å². The lowest BCUT2D eigenvalue weighted by Gasteiger charge is -2.37. The Labute approximate surface area is 171 Å². The van der Waals surface area contributed by atoms with Crippen molar-refractivity contribution in [2.75, 3.05) is 41.3 Å². The van der Waals surface area contributed by atoms with E-state index in [-0.39, 0.29) is 0 Å². The summed E-state index contributed by atoms with van der Waals surface area (Å²) in [6, 6.07) is 16.5. The van der Waals surface area contributed by atoms with Crippen molar-refractivity contribution in [3.05, 3.63) is 66.2 Å². The van der Waals surface area contributed by atoms with E-state index in [4.69, 9.17) is 5.11 Å². The maximum atomic E-state index is 11.7. The number of carboxylic acid groups (broad SMARTS) is 1. The summed E-state index contributed by atoms with van der Waals surface area (Å²) < 4.78 is 0. The van der Waals surface area contributed by atoms with Crippen LogP contribution in [0.25, 0.3) is 0 Å². The first-order valence-corrected chi connectivity index (χ1v) is 9.84. The molecule has 0 unspecified atom stereocenters. The van der Waals surface area contributed by atoms with Crippen LogP contribution in [0.5, 0.6) is 0 Å². The van der Waals surface area contributed by atoms with Crippen LogP contribution in [0, 0.1) is 0 Å². The molecule has 1 fully saturated rings. The van der Waals surface area contributed by atoms with Crippen molar-refractivity contribution < 1.29 is 14.7 Å². The van der Waals surface area contributed by atoms with Crippen molar-refractivity contribution in [1.29, 1.82) is 0 Å². The van der Waals surface area contributed by atoms with E-state index in [0.717, 1.165) is 44.0 Å². The van der Waals surface area contributed by atoms with Gasteiger partial charge in [0.2, 0.25) is 5.91 Å². The van der Waals surface area contributed by atoms with Crippen LogP contribution in [0.1, 0.15) is 25.3 Å². The van der Waals surface area contributed by atoms with Crippen LogP contribution in [0.4, 0.5) is 17.1 Å². The number of hydrogen-bond donors (Lipinski definition) is 2. The molecule has 0 saturated carbocycles. The minimum Gasteiger partial charge on any atom is -0.478 e. The van der Waals surface area contributed by atoms with E-state index in [9.17, 15) is 9.59 Å². The summed E-state index contributed by atoms with van der Waals surface area (Å²) in [5.74, 6) is -1.07.